The third kappa shape index (κ3) is 5.74. The monoisotopic (exact) mass is 641 g/mol. The van der Waals surface area contributed by atoms with Crippen LogP contribution in [0.15, 0.2) is 66.7 Å². The molecule has 38 heavy (non-hydrogen) atoms. The number of anilines is 1. The van der Waals surface area contributed by atoms with Crippen LogP contribution in [0.4, 0.5) is 28.0 Å². The van der Waals surface area contributed by atoms with Gasteiger partial charge in [-0.3, -0.25) is 9.59 Å². The van der Waals surface area contributed by atoms with Crippen molar-refractivity contribution in [2.24, 2.45) is 0 Å². The molecule has 0 aliphatic carbocycles. The van der Waals surface area contributed by atoms with E-state index in [0.29, 0.717) is 19.8 Å². The number of hydrogen-bond acceptors (Lipinski definition) is 4. The quantitative estimate of drug-likeness (QED) is 0.208. The summed E-state index contributed by atoms with van der Waals surface area (Å²) in [5.41, 5.74) is -1.19. The van der Waals surface area contributed by atoms with Gasteiger partial charge in [-0.15, -0.1) is 0 Å². The molecular weight excluding hydrogens is 621 g/mol. The van der Waals surface area contributed by atoms with Gasteiger partial charge in [0.05, 0.1) is 18.4 Å². The number of hydrogen-bond donors (Lipinski definition) is 2. The van der Waals surface area contributed by atoms with Crippen LogP contribution in [0.3, 0.4) is 0 Å². The maximum absolute atomic E-state index is 14.5. The zero-order chi connectivity index (χ0) is 27.6. The summed E-state index contributed by atoms with van der Waals surface area (Å²) in [6, 6.07) is 10.8. The van der Waals surface area contributed by atoms with Gasteiger partial charge in [-0.05, 0) is 70.1 Å². The molecule has 0 spiro atoms. The van der Waals surface area contributed by atoms with E-state index in [4.69, 9.17) is 4.74 Å². The largest absolute Gasteiger partial charge is 0.497 e. The molecule has 4 rings (SSSR count). The van der Waals surface area contributed by atoms with Crippen molar-refractivity contribution in [3.8, 4) is 5.75 Å². The highest BCUT2D eigenvalue weighted by molar-refractivity contribution is 14.1. The van der Waals surface area contributed by atoms with Crippen LogP contribution in [-0.2, 0) is 22.2 Å². The number of rotatable bonds is 7. The zero-order valence-corrected chi connectivity index (χ0v) is 21.8. The average molecular weight is 641 g/mol. The molecule has 2 N–H and O–H groups in total. The lowest BCUT2D eigenvalue weighted by atomic mass is 9.97. The molecule has 3 aromatic carbocycles. The Morgan fingerprint density at radius 3 is 2.42 bits per heavy atom. The number of carbonyl (C=O) groups is 3. The van der Waals surface area contributed by atoms with E-state index >= 15 is 0 Å². The average Bonchev–Trinajstić information content (AvgIpc) is 3.17. The van der Waals surface area contributed by atoms with E-state index in [0.717, 1.165) is 18.2 Å². The molecule has 1 aliphatic heterocycles. The Morgan fingerprint density at radius 2 is 1.79 bits per heavy atom. The molecule has 7 nitrogen and oxygen atoms in total. The highest BCUT2D eigenvalue weighted by Gasteiger charge is 2.46. The van der Waals surface area contributed by atoms with E-state index in [9.17, 15) is 31.9 Å². The van der Waals surface area contributed by atoms with Crippen molar-refractivity contribution in [3.05, 3.63) is 92.8 Å². The lowest BCUT2D eigenvalue weighted by Crippen LogP contribution is -2.49. The number of carbonyl (C=O) groups excluding carboxylic acids is 3. The number of nitrogens with zero attached hydrogens (tertiary/aromatic N) is 1. The predicted octanol–water partition coefficient (Wildman–Crippen LogP) is 5.30. The molecule has 0 radical (unpaired) electrons. The van der Waals surface area contributed by atoms with Gasteiger partial charge in [0.2, 0.25) is 5.91 Å². The standard InChI is InChI=1S/C26H20F4IN3O4/c1-38-17-9-6-14(7-10-17)22-24(36)34(25(37)33-22)21(12-15-4-2-3-5-18(15)26(28,29)30)23(35)32-20-11-8-16(31)13-19(20)27/h2-11,13,21-22H,12H2,1H3,(H,32,35)(H,33,37)/t21-,22+/m0/s1. The molecule has 1 saturated heterocycles. The van der Waals surface area contributed by atoms with Crippen LogP contribution in [0.25, 0.3) is 0 Å². The van der Waals surface area contributed by atoms with Gasteiger partial charge in [-0.25, -0.2) is 14.1 Å². The second-order valence-electron chi connectivity index (χ2n) is 8.35. The molecule has 3 aromatic rings. The highest BCUT2D eigenvalue weighted by atomic mass is 127. The molecular formula is C26H20F4IN3O4. The van der Waals surface area contributed by atoms with Crippen LogP contribution in [-0.4, -0.2) is 35.9 Å². The molecule has 0 saturated carbocycles. The molecule has 198 valence electrons. The number of methoxy groups -OCH3 is 1. The third-order valence-corrected chi connectivity index (χ3v) is 6.63. The lowest BCUT2D eigenvalue weighted by molar-refractivity contribution is -0.138. The van der Waals surface area contributed by atoms with Gasteiger partial charge < -0.3 is 15.4 Å². The summed E-state index contributed by atoms with van der Waals surface area (Å²) < 4.78 is 61.2. The minimum atomic E-state index is -4.75. The topological polar surface area (TPSA) is 87.7 Å². The number of benzene rings is 3. The van der Waals surface area contributed by atoms with Crippen LogP contribution in [0.1, 0.15) is 22.7 Å². The number of alkyl halides is 3. The van der Waals surface area contributed by atoms with Gasteiger partial charge in [0.15, 0.2) is 0 Å². The van der Waals surface area contributed by atoms with Crippen molar-refractivity contribution in [2.75, 3.05) is 12.4 Å². The second-order valence-corrected chi connectivity index (χ2v) is 9.60. The molecule has 12 heteroatoms. The number of halogens is 5. The summed E-state index contributed by atoms with van der Waals surface area (Å²) in [5, 5.41) is 4.79. The first-order valence-corrected chi connectivity index (χ1v) is 12.3. The lowest BCUT2D eigenvalue weighted by Gasteiger charge is -2.26. The molecule has 1 heterocycles. The summed E-state index contributed by atoms with van der Waals surface area (Å²) in [6.45, 7) is 0. The van der Waals surface area contributed by atoms with E-state index < -0.39 is 53.9 Å². The van der Waals surface area contributed by atoms with Crippen LogP contribution in [0.5, 0.6) is 5.75 Å². The maximum Gasteiger partial charge on any atom is 0.416 e. The molecule has 0 aromatic heterocycles. The number of ether oxygens (including phenoxy) is 1. The van der Waals surface area contributed by atoms with Crippen LogP contribution in [0.2, 0.25) is 0 Å². The Labute approximate surface area is 228 Å². The van der Waals surface area contributed by atoms with E-state index in [1.54, 1.807) is 24.3 Å². The first kappa shape index (κ1) is 27.4. The van der Waals surface area contributed by atoms with Gasteiger partial charge >= 0.3 is 12.2 Å². The second kappa shape index (κ2) is 11.0. The molecule has 4 amide bonds. The Hall–Kier alpha value is -3.68. The van der Waals surface area contributed by atoms with Gasteiger partial charge in [0.1, 0.15) is 23.7 Å². The first-order valence-electron chi connectivity index (χ1n) is 11.2. The number of amides is 4. The fraction of sp³-hybridized carbons (Fsp3) is 0.192. The summed E-state index contributed by atoms with van der Waals surface area (Å²) in [6.07, 6.45) is -5.40. The number of imide groups is 1. The SMILES string of the molecule is COc1ccc([C@H]2NC(=O)N([C@@H](Cc3ccccc3C(F)(F)F)C(=O)Nc3ccc(I)cc3F)C2=O)cc1. The van der Waals surface area contributed by atoms with Gasteiger partial charge in [-0.1, -0.05) is 30.3 Å². The van der Waals surface area contributed by atoms with Crippen LogP contribution in [0, 0.1) is 9.39 Å². The summed E-state index contributed by atoms with van der Waals surface area (Å²) in [4.78, 5) is 40.3. The molecule has 0 bridgehead atoms. The minimum absolute atomic E-state index is 0.247. The van der Waals surface area contributed by atoms with E-state index in [-0.39, 0.29) is 11.3 Å². The van der Waals surface area contributed by atoms with Crippen molar-refractivity contribution in [3.63, 3.8) is 0 Å². The van der Waals surface area contributed by atoms with Gasteiger partial charge in [-0.2, -0.15) is 13.2 Å². The fourth-order valence-electron chi connectivity index (χ4n) is 4.10. The Balaban J connectivity index is 1.71. The first-order chi connectivity index (χ1) is 18.0. The van der Waals surface area contributed by atoms with Crippen molar-refractivity contribution in [1.29, 1.82) is 0 Å². The summed E-state index contributed by atoms with van der Waals surface area (Å²) >= 11 is 1.87. The molecule has 2 atom stereocenters. The zero-order valence-electron chi connectivity index (χ0n) is 19.7. The Bertz CT molecular complexity index is 1380. The molecule has 0 unspecified atom stereocenters. The summed E-state index contributed by atoms with van der Waals surface area (Å²) in [5.74, 6) is -2.15. The van der Waals surface area contributed by atoms with Crippen molar-refractivity contribution in [2.45, 2.75) is 24.7 Å². The summed E-state index contributed by atoms with van der Waals surface area (Å²) in [7, 11) is 1.46. The Kier molecular flexibility index (Phi) is 7.90. The maximum atomic E-state index is 14.5. The van der Waals surface area contributed by atoms with E-state index in [1.165, 1.54) is 31.4 Å². The molecule has 1 aliphatic rings. The van der Waals surface area contributed by atoms with Crippen molar-refractivity contribution in [1.82, 2.24) is 10.2 Å². The van der Waals surface area contributed by atoms with Crippen LogP contribution < -0.4 is 15.4 Å². The Morgan fingerprint density at radius 1 is 1.11 bits per heavy atom. The van der Waals surface area contributed by atoms with E-state index in [2.05, 4.69) is 10.6 Å². The normalized spacial score (nSPS) is 16.3. The number of nitrogens with one attached hydrogen (secondary N) is 2. The van der Waals surface area contributed by atoms with Crippen molar-refractivity contribution < 1.29 is 36.7 Å². The fourth-order valence-corrected chi connectivity index (χ4v) is 4.56. The highest BCUT2D eigenvalue weighted by Crippen LogP contribution is 2.34. The predicted molar refractivity (Wildman–Crippen MR) is 138 cm³/mol. The van der Waals surface area contributed by atoms with Crippen LogP contribution >= 0.6 is 22.6 Å². The number of urea groups is 1. The minimum Gasteiger partial charge on any atom is -0.497 e. The molecule has 1 fully saturated rings. The third-order valence-electron chi connectivity index (χ3n) is 5.96. The van der Waals surface area contributed by atoms with Gasteiger partial charge in [0.25, 0.3) is 5.91 Å². The smallest absolute Gasteiger partial charge is 0.416 e. The van der Waals surface area contributed by atoms with Crippen molar-refractivity contribution >= 4 is 46.1 Å². The van der Waals surface area contributed by atoms with Gasteiger partial charge in [0, 0.05) is 9.99 Å². The van der Waals surface area contributed by atoms with E-state index in [1.807, 2.05) is 22.6 Å².